The minimum Gasteiger partial charge on any atom is -0.511 e. The van der Waals surface area contributed by atoms with Crippen LogP contribution in [0.3, 0.4) is 0 Å². The van der Waals surface area contributed by atoms with Gasteiger partial charge >= 0.3 is 0 Å². The molecule has 100 valence electrons. The van der Waals surface area contributed by atoms with Crippen LogP contribution in [0.2, 0.25) is 0 Å². The zero-order valence-corrected chi connectivity index (χ0v) is 11.1. The summed E-state index contributed by atoms with van der Waals surface area (Å²) in [6.07, 6.45) is 2.43. The highest BCUT2D eigenvalue weighted by Gasteiger charge is 2.41. The molecular weight excluding hydrogens is 248 g/mol. The Bertz CT molecular complexity index is 602. The van der Waals surface area contributed by atoms with E-state index in [1.165, 1.54) is 6.08 Å². The molecule has 0 fully saturated rings. The molecule has 0 atom stereocenters. The van der Waals surface area contributed by atoms with Gasteiger partial charge in [-0.25, -0.2) is 0 Å². The van der Waals surface area contributed by atoms with Crippen LogP contribution in [0.4, 0.5) is 0 Å². The molecule has 0 aromatic heterocycles. The van der Waals surface area contributed by atoms with Crippen LogP contribution in [-0.2, 0) is 10.2 Å². The predicted molar refractivity (Wildman–Crippen MR) is 78.6 cm³/mol. The van der Waals surface area contributed by atoms with Crippen molar-refractivity contribution in [1.82, 2.24) is 0 Å². The van der Waals surface area contributed by atoms with Gasteiger partial charge in [-0.3, -0.25) is 4.79 Å². The molecule has 0 amide bonds. The van der Waals surface area contributed by atoms with Gasteiger partial charge in [-0.15, -0.1) is 0 Å². The molecular formula is C18H16O2. The van der Waals surface area contributed by atoms with Gasteiger partial charge in [-0.1, -0.05) is 60.7 Å². The number of allylic oxidation sites excluding steroid dienone is 2. The van der Waals surface area contributed by atoms with Crippen molar-refractivity contribution in [2.75, 3.05) is 0 Å². The van der Waals surface area contributed by atoms with Crippen LogP contribution >= 0.6 is 0 Å². The van der Waals surface area contributed by atoms with E-state index >= 15 is 0 Å². The van der Waals surface area contributed by atoms with E-state index in [2.05, 4.69) is 0 Å². The molecule has 0 aliphatic heterocycles. The van der Waals surface area contributed by atoms with E-state index < -0.39 is 5.41 Å². The molecule has 2 aromatic rings. The zero-order valence-electron chi connectivity index (χ0n) is 11.1. The Balaban J connectivity index is 2.24. The third-order valence-corrected chi connectivity index (χ3v) is 4.01. The Labute approximate surface area is 118 Å². The summed E-state index contributed by atoms with van der Waals surface area (Å²) in [5.74, 6) is 0.135. The van der Waals surface area contributed by atoms with E-state index in [-0.39, 0.29) is 11.5 Å². The third-order valence-electron chi connectivity index (χ3n) is 4.01. The molecule has 1 N–H and O–H groups in total. The molecule has 3 rings (SSSR count). The van der Waals surface area contributed by atoms with Crippen LogP contribution in [-0.4, -0.2) is 10.9 Å². The summed E-state index contributed by atoms with van der Waals surface area (Å²) in [4.78, 5) is 11.6. The summed E-state index contributed by atoms with van der Waals surface area (Å²) in [6, 6.07) is 19.8. The second-order valence-corrected chi connectivity index (χ2v) is 5.13. The maximum absolute atomic E-state index is 11.6. The maximum Gasteiger partial charge on any atom is 0.159 e. The van der Waals surface area contributed by atoms with Crippen LogP contribution in [0.5, 0.6) is 0 Å². The van der Waals surface area contributed by atoms with Crippen LogP contribution in [0, 0.1) is 0 Å². The Morgan fingerprint density at radius 2 is 1.35 bits per heavy atom. The average Bonchev–Trinajstić information content (AvgIpc) is 2.50. The quantitative estimate of drug-likeness (QED) is 0.896. The molecule has 0 saturated carbocycles. The number of hydrogen-bond donors (Lipinski definition) is 1. The van der Waals surface area contributed by atoms with Gasteiger partial charge in [0.05, 0.1) is 5.41 Å². The van der Waals surface area contributed by atoms with Gasteiger partial charge in [-0.2, -0.15) is 0 Å². The van der Waals surface area contributed by atoms with E-state index in [4.69, 9.17) is 0 Å². The summed E-state index contributed by atoms with van der Waals surface area (Å²) in [6.45, 7) is 0. The van der Waals surface area contributed by atoms with Crippen molar-refractivity contribution < 1.29 is 9.90 Å². The topological polar surface area (TPSA) is 37.3 Å². The zero-order chi connectivity index (χ0) is 14.0. The van der Waals surface area contributed by atoms with Gasteiger partial charge in [0.2, 0.25) is 0 Å². The molecule has 1 aliphatic carbocycles. The lowest BCUT2D eigenvalue weighted by molar-refractivity contribution is -0.115. The van der Waals surface area contributed by atoms with Crippen molar-refractivity contribution in [1.29, 1.82) is 0 Å². The fraction of sp³-hybridized carbons (Fsp3) is 0.167. The van der Waals surface area contributed by atoms with Gasteiger partial charge in [-0.05, 0) is 17.5 Å². The minimum absolute atomic E-state index is 0.00927. The number of carbonyl (C=O) groups is 1. The summed E-state index contributed by atoms with van der Waals surface area (Å²) in [5, 5.41) is 10.5. The maximum atomic E-state index is 11.6. The van der Waals surface area contributed by atoms with Crippen molar-refractivity contribution in [3.63, 3.8) is 0 Å². The second kappa shape index (κ2) is 4.97. The molecule has 2 aromatic carbocycles. The first kappa shape index (κ1) is 12.7. The number of rotatable bonds is 2. The Morgan fingerprint density at radius 1 is 0.850 bits per heavy atom. The summed E-state index contributed by atoms with van der Waals surface area (Å²) in [5.41, 5.74) is 1.44. The van der Waals surface area contributed by atoms with E-state index in [9.17, 15) is 9.90 Å². The summed E-state index contributed by atoms with van der Waals surface area (Å²) >= 11 is 0. The number of hydrogen-bond acceptors (Lipinski definition) is 2. The van der Waals surface area contributed by atoms with E-state index in [1.807, 2.05) is 60.7 Å². The Kier molecular flexibility index (Phi) is 3.15. The van der Waals surface area contributed by atoms with E-state index in [0.717, 1.165) is 11.1 Å². The van der Waals surface area contributed by atoms with Crippen molar-refractivity contribution in [3.8, 4) is 0 Å². The first-order valence-electron chi connectivity index (χ1n) is 6.78. The molecule has 0 bridgehead atoms. The lowest BCUT2D eigenvalue weighted by Crippen LogP contribution is -2.34. The van der Waals surface area contributed by atoms with Crippen molar-refractivity contribution in [3.05, 3.63) is 83.6 Å². The van der Waals surface area contributed by atoms with Crippen molar-refractivity contribution in [2.24, 2.45) is 0 Å². The summed E-state index contributed by atoms with van der Waals surface area (Å²) in [7, 11) is 0. The highest BCUT2D eigenvalue weighted by atomic mass is 16.3. The first-order chi connectivity index (χ1) is 9.73. The SMILES string of the molecule is O=C1C=C(O)C(c2ccccc2)(c2ccccc2)CC1. The smallest absolute Gasteiger partial charge is 0.159 e. The van der Waals surface area contributed by atoms with Crippen LogP contribution in [0.1, 0.15) is 24.0 Å². The highest BCUT2D eigenvalue weighted by molar-refractivity contribution is 5.92. The minimum atomic E-state index is -0.601. The number of aliphatic hydroxyl groups excluding tert-OH is 1. The molecule has 2 nitrogen and oxygen atoms in total. The number of ketones is 1. The van der Waals surface area contributed by atoms with E-state index in [0.29, 0.717) is 12.8 Å². The van der Waals surface area contributed by atoms with Crippen molar-refractivity contribution >= 4 is 5.78 Å². The van der Waals surface area contributed by atoms with Gasteiger partial charge in [0.15, 0.2) is 5.78 Å². The molecule has 0 spiro atoms. The fourth-order valence-corrected chi connectivity index (χ4v) is 2.98. The summed E-state index contributed by atoms with van der Waals surface area (Å²) < 4.78 is 0. The molecule has 0 unspecified atom stereocenters. The lowest BCUT2D eigenvalue weighted by Gasteiger charge is -2.36. The molecule has 0 saturated heterocycles. The lowest BCUT2D eigenvalue weighted by atomic mass is 9.67. The van der Waals surface area contributed by atoms with Crippen LogP contribution in [0.25, 0.3) is 0 Å². The normalized spacial score (nSPS) is 17.6. The monoisotopic (exact) mass is 264 g/mol. The Morgan fingerprint density at radius 3 is 1.80 bits per heavy atom. The molecule has 20 heavy (non-hydrogen) atoms. The number of carbonyl (C=O) groups excluding carboxylic acids is 1. The highest BCUT2D eigenvalue weighted by Crippen LogP contribution is 2.44. The van der Waals surface area contributed by atoms with Crippen LogP contribution in [0.15, 0.2) is 72.5 Å². The van der Waals surface area contributed by atoms with Gasteiger partial charge in [0.25, 0.3) is 0 Å². The second-order valence-electron chi connectivity index (χ2n) is 5.13. The molecule has 0 heterocycles. The van der Waals surface area contributed by atoms with Crippen LogP contribution < -0.4 is 0 Å². The Hall–Kier alpha value is -2.35. The first-order valence-corrected chi connectivity index (χ1v) is 6.78. The largest absolute Gasteiger partial charge is 0.511 e. The predicted octanol–water partition coefficient (Wildman–Crippen LogP) is 3.78. The molecule has 0 radical (unpaired) electrons. The number of aliphatic hydroxyl groups is 1. The van der Waals surface area contributed by atoms with E-state index in [1.54, 1.807) is 0 Å². The van der Waals surface area contributed by atoms with Crippen molar-refractivity contribution in [2.45, 2.75) is 18.3 Å². The average molecular weight is 264 g/mol. The van der Waals surface area contributed by atoms with Gasteiger partial charge < -0.3 is 5.11 Å². The molecule has 1 aliphatic rings. The fourth-order valence-electron chi connectivity index (χ4n) is 2.98. The van der Waals surface area contributed by atoms with Gasteiger partial charge in [0.1, 0.15) is 5.76 Å². The molecule has 2 heteroatoms. The number of benzene rings is 2. The standard InChI is InChI=1S/C18H16O2/c19-16-11-12-18(17(20)13-16,14-7-3-1-4-8-14)15-9-5-2-6-10-15/h1-10,13,20H,11-12H2. The third kappa shape index (κ3) is 1.94. The van der Waals surface area contributed by atoms with Gasteiger partial charge in [0, 0.05) is 12.5 Å².